The number of nitrogens with one attached hydrogen (secondary N) is 1. The minimum absolute atomic E-state index is 0.217. The Morgan fingerprint density at radius 1 is 1.35 bits per heavy atom. The molecule has 0 aliphatic rings. The van der Waals surface area contributed by atoms with Gasteiger partial charge >= 0.3 is 0 Å². The number of rotatable bonds is 5. The average Bonchev–Trinajstić information content (AvgIpc) is 2.66. The standard InChI is InChI=1S/C12H17N3O2/c1-8(2)16-5-6-17-12-14-10-4-3-9(13)7-11(10)15-12/h3-4,7-8H,5-6,13H2,1-2H3,(H,14,15). The second-order valence-corrected chi connectivity index (χ2v) is 4.09. The van der Waals surface area contributed by atoms with Crippen LogP contribution in [0, 0.1) is 0 Å². The maximum Gasteiger partial charge on any atom is 0.294 e. The lowest BCUT2D eigenvalue weighted by atomic mass is 10.3. The summed E-state index contributed by atoms with van der Waals surface area (Å²) >= 11 is 0. The van der Waals surface area contributed by atoms with Crippen molar-refractivity contribution in [2.45, 2.75) is 20.0 Å². The summed E-state index contributed by atoms with van der Waals surface area (Å²) in [6.07, 6.45) is 0.217. The molecule has 0 spiro atoms. The highest BCUT2D eigenvalue weighted by Crippen LogP contribution is 2.18. The Kier molecular flexibility index (Phi) is 3.49. The number of benzene rings is 1. The van der Waals surface area contributed by atoms with Crippen molar-refractivity contribution >= 4 is 16.7 Å². The normalized spacial score (nSPS) is 11.2. The summed E-state index contributed by atoms with van der Waals surface area (Å²) < 4.78 is 10.8. The van der Waals surface area contributed by atoms with Crippen molar-refractivity contribution < 1.29 is 9.47 Å². The van der Waals surface area contributed by atoms with Gasteiger partial charge in [0.05, 0.1) is 23.7 Å². The van der Waals surface area contributed by atoms with E-state index in [1.165, 1.54) is 0 Å². The number of fused-ring (bicyclic) bond motifs is 1. The quantitative estimate of drug-likeness (QED) is 0.613. The molecule has 1 aromatic heterocycles. The lowest BCUT2D eigenvalue weighted by Crippen LogP contribution is -2.11. The molecule has 3 N–H and O–H groups in total. The molecule has 2 rings (SSSR count). The lowest BCUT2D eigenvalue weighted by molar-refractivity contribution is 0.0534. The number of nitrogens with two attached hydrogens (primary N) is 1. The zero-order chi connectivity index (χ0) is 12.3. The van der Waals surface area contributed by atoms with Crippen molar-refractivity contribution in [3.8, 4) is 6.01 Å². The van der Waals surface area contributed by atoms with E-state index in [0.717, 1.165) is 11.0 Å². The predicted molar refractivity (Wildman–Crippen MR) is 67.1 cm³/mol. The molecule has 1 aromatic carbocycles. The van der Waals surface area contributed by atoms with Crippen molar-refractivity contribution in [3.63, 3.8) is 0 Å². The van der Waals surface area contributed by atoms with Gasteiger partial charge < -0.3 is 20.2 Å². The molecule has 5 nitrogen and oxygen atoms in total. The van der Waals surface area contributed by atoms with E-state index in [2.05, 4.69) is 9.97 Å². The van der Waals surface area contributed by atoms with Crippen LogP contribution in [0.5, 0.6) is 6.01 Å². The lowest BCUT2D eigenvalue weighted by Gasteiger charge is -2.06. The van der Waals surface area contributed by atoms with E-state index in [4.69, 9.17) is 15.2 Å². The van der Waals surface area contributed by atoms with Gasteiger partial charge in [-0.1, -0.05) is 0 Å². The fourth-order valence-corrected chi connectivity index (χ4v) is 1.49. The summed E-state index contributed by atoms with van der Waals surface area (Å²) in [6, 6.07) is 6.01. The predicted octanol–water partition coefficient (Wildman–Crippen LogP) is 1.95. The molecule has 1 heterocycles. The van der Waals surface area contributed by atoms with E-state index in [0.29, 0.717) is 24.9 Å². The van der Waals surface area contributed by atoms with Crippen molar-refractivity contribution in [2.24, 2.45) is 0 Å². The van der Waals surface area contributed by atoms with Gasteiger partial charge in [0.1, 0.15) is 6.61 Å². The van der Waals surface area contributed by atoms with Gasteiger partial charge in [-0.3, -0.25) is 0 Å². The molecule has 2 aromatic rings. The maximum absolute atomic E-state index is 5.68. The zero-order valence-corrected chi connectivity index (χ0v) is 10.1. The minimum Gasteiger partial charge on any atom is -0.462 e. The van der Waals surface area contributed by atoms with Gasteiger partial charge in [0.2, 0.25) is 0 Å². The van der Waals surface area contributed by atoms with Gasteiger partial charge in [-0.05, 0) is 32.0 Å². The Labute approximate surface area is 99.9 Å². The highest BCUT2D eigenvalue weighted by atomic mass is 16.5. The smallest absolute Gasteiger partial charge is 0.294 e. The van der Waals surface area contributed by atoms with Crippen LogP contribution in [0.25, 0.3) is 11.0 Å². The second-order valence-electron chi connectivity index (χ2n) is 4.09. The number of anilines is 1. The third-order valence-corrected chi connectivity index (χ3v) is 2.26. The Balaban J connectivity index is 1.95. The largest absolute Gasteiger partial charge is 0.462 e. The number of imidazole rings is 1. The second kappa shape index (κ2) is 5.05. The van der Waals surface area contributed by atoms with Crippen LogP contribution < -0.4 is 10.5 Å². The van der Waals surface area contributed by atoms with Crippen LogP contribution >= 0.6 is 0 Å². The first-order valence-electron chi connectivity index (χ1n) is 5.65. The molecule has 0 aliphatic heterocycles. The fraction of sp³-hybridized carbons (Fsp3) is 0.417. The van der Waals surface area contributed by atoms with E-state index in [-0.39, 0.29) is 6.10 Å². The number of nitrogens with zero attached hydrogens (tertiary/aromatic N) is 1. The van der Waals surface area contributed by atoms with Crippen LogP contribution in [0.4, 0.5) is 5.69 Å². The topological polar surface area (TPSA) is 73.2 Å². The van der Waals surface area contributed by atoms with Crippen LogP contribution in [0.1, 0.15) is 13.8 Å². The van der Waals surface area contributed by atoms with Gasteiger partial charge in [-0.2, -0.15) is 4.98 Å². The summed E-state index contributed by atoms with van der Waals surface area (Å²) in [6.45, 7) is 5.01. The third-order valence-electron chi connectivity index (χ3n) is 2.26. The average molecular weight is 235 g/mol. The fourth-order valence-electron chi connectivity index (χ4n) is 1.49. The Morgan fingerprint density at radius 3 is 2.94 bits per heavy atom. The number of hydrogen-bond donors (Lipinski definition) is 2. The van der Waals surface area contributed by atoms with Gasteiger partial charge in [0.25, 0.3) is 6.01 Å². The molecule has 0 saturated heterocycles. The van der Waals surface area contributed by atoms with Crippen LogP contribution in [-0.2, 0) is 4.74 Å². The molecular formula is C12H17N3O2. The molecule has 0 bridgehead atoms. The minimum atomic E-state index is 0.217. The van der Waals surface area contributed by atoms with Gasteiger partial charge in [0, 0.05) is 5.69 Å². The molecule has 0 unspecified atom stereocenters. The van der Waals surface area contributed by atoms with E-state index in [9.17, 15) is 0 Å². The molecular weight excluding hydrogens is 218 g/mol. The van der Waals surface area contributed by atoms with Crippen LogP contribution in [0.15, 0.2) is 18.2 Å². The maximum atomic E-state index is 5.68. The summed E-state index contributed by atoms with van der Waals surface area (Å²) in [5, 5.41) is 0. The third kappa shape index (κ3) is 3.10. The first-order valence-corrected chi connectivity index (χ1v) is 5.65. The van der Waals surface area contributed by atoms with Crippen LogP contribution in [0.3, 0.4) is 0 Å². The van der Waals surface area contributed by atoms with E-state index < -0.39 is 0 Å². The van der Waals surface area contributed by atoms with Crippen molar-refractivity contribution in [2.75, 3.05) is 18.9 Å². The molecule has 0 radical (unpaired) electrons. The first-order chi connectivity index (χ1) is 8.15. The molecule has 92 valence electrons. The van der Waals surface area contributed by atoms with Crippen LogP contribution in [-0.4, -0.2) is 29.3 Å². The summed E-state index contributed by atoms with van der Waals surface area (Å²) in [4.78, 5) is 7.34. The molecule has 17 heavy (non-hydrogen) atoms. The highest BCUT2D eigenvalue weighted by Gasteiger charge is 2.03. The number of nitrogen functional groups attached to an aromatic ring is 1. The van der Waals surface area contributed by atoms with Gasteiger partial charge in [-0.25, -0.2) is 0 Å². The number of H-pyrrole nitrogens is 1. The summed E-state index contributed by atoms with van der Waals surface area (Å²) in [5.74, 6) is 0. The van der Waals surface area contributed by atoms with E-state index >= 15 is 0 Å². The zero-order valence-electron chi connectivity index (χ0n) is 10.1. The van der Waals surface area contributed by atoms with Crippen molar-refractivity contribution in [1.29, 1.82) is 0 Å². The molecule has 5 heteroatoms. The number of aromatic amines is 1. The molecule has 0 fully saturated rings. The summed E-state index contributed by atoms with van der Waals surface area (Å²) in [7, 11) is 0. The number of hydrogen-bond acceptors (Lipinski definition) is 4. The van der Waals surface area contributed by atoms with E-state index in [1.54, 1.807) is 0 Å². The number of aromatic nitrogens is 2. The van der Waals surface area contributed by atoms with E-state index in [1.807, 2.05) is 32.0 Å². The molecule has 0 saturated carbocycles. The monoisotopic (exact) mass is 235 g/mol. The van der Waals surface area contributed by atoms with Crippen molar-refractivity contribution in [3.05, 3.63) is 18.2 Å². The van der Waals surface area contributed by atoms with Crippen molar-refractivity contribution in [1.82, 2.24) is 9.97 Å². The molecule has 0 aliphatic carbocycles. The van der Waals surface area contributed by atoms with Crippen LogP contribution in [0.2, 0.25) is 0 Å². The summed E-state index contributed by atoms with van der Waals surface area (Å²) in [5.41, 5.74) is 8.11. The highest BCUT2D eigenvalue weighted by molar-refractivity contribution is 5.79. The Bertz CT molecular complexity index is 493. The SMILES string of the molecule is CC(C)OCCOc1nc2ccc(N)cc2[nH]1. The Morgan fingerprint density at radius 2 is 2.18 bits per heavy atom. The number of ether oxygens (including phenoxy) is 2. The Hall–Kier alpha value is -1.75. The molecule has 0 amide bonds. The first kappa shape index (κ1) is 11.7. The van der Waals surface area contributed by atoms with Gasteiger partial charge in [-0.15, -0.1) is 0 Å². The molecule has 0 atom stereocenters. The van der Waals surface area contributed by atoms with Gasteiger partial charge in [0.15, 0.2) is 0 Å².